The van der Waals surface area contributed by atoms with E-state index in [1.54, 1.807) is 0 Å². The summed E-state index contributed by atoms with van der Waals surface area (Å²) in [4.78, 5) is 5.08. The van der Waals surface area contributed by atoms with Crippen molar-refractivity contribution in [2.45, 2.75) is 0 Å². The molecule has 10 rings (SSSR count). The van der Waals surface area contributed by atoms with Gasteiger partial charge in [0, 0.05) is 32.5 Å². The highest BCUT2D eigenvalue weighted by Crippen LogP contribution is 2.40. The second-order valence-electron chi connectivity index (χ2n) is 11.6. The molecule has 0 aliphatic heterocycles. The molecule has 0 unspecified atom stereocenters. The molecule has 0 saturated carbocycles. The van der Waals surface area contributed by atoms with Crippen LogP contribution in [-0.2, 0) is 0 Å². The summed E-state index contributed by atoms with van der Waals surface area (Å²) in [7, 11) is 0. The van der Waals surface area contributed by atoms with Crippen LogP contribution in [0.2, 0.25) is 0 Å². The Kier molecular flexibility index (Phi) is 4.96. The number of hydrogen-bond acceptors (Lipinski definition) is 3. The van der Waals surface area contributed by atoms with E-state index < -0.39 is 0 Å². The van der Waals surface area contributed by atoms with Crippen LogP contribution in [-0.4, -0.2) is 9.55 Å². The summed E-state index contributed by atoms with van der Waals surface area (Å²) in [5.41, 5.74) is 10.0. The minimum atomic E-state index is 0.863. The fourth-order valence-corrected chi connectivity index (χ4v) is 6.94. The molecule has 0 atom stereocenters. The molecule has 3 aromatic heterocycles. The molecule has 4 heteroatoms. The summed E-state index contributed by atoms with van der Waals surface area (Å²) < 4.78 is 14.9. The number of benzene rings is 7. The third-order valence-corrected chi connectivity index (χ3v) is 9.01. The van der Waals surface area contributed by atoms with Crippen molar-refractivity contribution >= 4 is 65.7 Å². The number of aromatic nitrogens is 2. The van der Waals surface area contributed by atoms with Crippen LogP contribution in [0.4, 0.5) is 0 Å². The highest BCUT2D eigenvalue weighted by Gasteiger charge is 2.19. The van der Waals surface area contributed by atoms with Crippen LogP contribution in [0.25, 0.3) is 93.9 Å². The Morgan fingerprint density at radius 2 is 1.07 bits per heavy atom. The molecule has 0 aliphatic carbocycles. The maximum absolute atomic E-state index is 6.37. The zero-order chi connectivity index (χ0) is 29.5. The van der Waals surface area contributed by atoms with Gasteiger partial charge in [0.05, 0.1) is 16.7 Å². The van der Waals surface area contributed by atoms with Crippen molar-refractivity contribution in [2.75, 3.05) is 0 Å². The van der Waals surface area contributed by atoms with Gasteiger partial charge in [-0.1, -0.05) is 97.1 Å². The molecule has 0 radical (unpaired) electrons. The standard InChI is InChI=1S/C41H24N2O2/c1-2-10-25(11-3-1)41-42-34-15-7-8-16-36(34)43(41)35-20-19-27(28-12-4-5-13-29(28)35)26-18-21-38-31(22-26)33-24-39-32(23-40(33)45-38)30-14-6-9-17-37(30)44-39/h1-24H. The van der Waals surface area contributed by atoms with Crippen LogP contribution < -0.4 is 0 Å². The van der Waals surface area contributed by atoms with Gasteiger partial charge in [-0.2, -0.15) is 0 Å². The summed E-state index contributed by atoms with van der Waals surface area (Å²) >= 11 is 0. The molecular formula is C41H24N2O2. The zero-order valence-electron chi connectivity index (χ0n) is 24.1. The number of imidazole rings is 1. The molecule has 0 fully saturated rings. The first-order chi connectivity index (χ1) is 22.3. The Bertz CT molecular complexity index is 2760. The average molecular weight is 577 g/mol. The highest BCUT2D eigenvalue weighted by molar-refractivity contribution is 6.15. The SMILES string of the molecule is c1ccc(-c2nc3ccccc3n2-c2ccc(-c3ccc4oc5cc6c(cc5c4c3)oc3ccccc36)c3ccccc23)cc1. The molecule has 0 saturated heterocycles. The van der Waals surface area contributed by atoms with Crippen molar-refractivity contribution in [3.05, 3.63) is 146 Å². The average Bonchev–Trinajstić information content (AvgIpc) is 3.78. The first-order valence-corrected chi connectivity index (χ1v) is 15.1. The van der Waals surface area contributed by atoms with E-state index in [0.717, 1.165) is 82.9 Å². The molecule has 0 amide bonds. The minimum absolute atomic E-state index is 0.863. The van der Waals surface area contributed by atoms with Crippen molar-refractivity contribution in [1.29, 1.82) is 0 Å². The first kappa shape index (κ1) is 24.3. The second kappa shape index (κ2) is 9.18. The lowest BCUT2D eigenvalue weighted by Crippen LogP contribution is -1.99. The number of nitrogens with zero attached hydrogens (tertiary/aromatic N) is 2. The topological polar surface area (TPSA) is 44.1 Å². The molecule has 0 N–H and O–H groups in total. The Hall–Kier alpha value is -6.13. The van der Waals surface area contributed by atoms with Gasteiger partial charge in [0.25, 0.3) is 0 Å². The van der Waals surface area contributed by atoms with E-state index in [1.807, 2.05) is 30.3 Å². The Labute approximate surface area is 257 Å². The fraction of sp³-hybridized carbons (Fsp3) is 0. The third-order valence-electron chi connectivity index (χ3n) is 9.01. The number of rotatable bonds is 3. The van der Waals surface area contributed by atoms with Gasteiger partial charge in [-0.15, -0.1) is 0 Å². The Morgan fingerprint density at radius 3 is 1.91 bits per heavy atom. The van der Waals surface area contributed by atoms with Gasteiger partial charge in [0.15, 0.2) is 0 Å². The monoisotopic (exact) mass is 576 g/mol. The lowest BCUT2D eigenvalue weighted by atomic mass is 9.95. The Morgan fingerprint density at radius 1 is 0.422 bits per heavy atom. The summed E-state index contributed by atoms with van der Waals surface area (Å²) in [5, 5.41) is 6.64. The van der Waals surface area contributed by atoms with Crippen molar-refractivity contribution in [2.24, 2.45) is 0 Å². The molecule has 3 heterocycles. The zero-order valence-corrected chi connectivity index (χ0v) is 24.1. The largest absolute Gasteiger partial charge is 0.456 e. The maximum atomic E-state index is 6.37. The summed E-state index contributed by atoms with van der Waals surface area (Å²) in [6.45, 7) is 0. The molecule has 0 bridgehead atoms. The third kappa shape index (κ3) is 3.57. The normalized spacial score (nSPS) is 12.0. The van der Waals surface area contributed by atoms with E-state index in [1.165, 1.54) is 10.9 Å². The smallest absolute Gasteiger partial charge is 0.145 e. The van der Waals surface area contributed by atoms with Crippen LogP contribution in [0.5, 0.6) is 0 Å². The maximum Gasteiger partial charge on any atom is 0.145 e. The molecule has 0 aliphatic rings. The molecule has 4 nitrogen and oxygen atoms in total. The van der Waals surface area contributed by atoms with Crippen LogP contribution in [0, 0.1) is 0 Å². The summed E-state index contributed by atoms with van der Waals surface area (Å²) in [5.74, 6) is 0.929. The Balaban J connectivity index is 1.19. The minimum Gasteiger partial charge on any atom is -0.456 e. The van der Waals surface area contributed by atoms with E-state index in [0.29, 0.717) is 0 Å². The highest BCUT2D eigenvalue weighted by atomic mass is 16.3. The van der Waals surface area contributed by atoms with Gasteiger partial charge in [-0.05, 0) is 65.0 Å². The predicted octanol–water partition coefficient (Wildman–Crippen LogP) is 11.3. The van der Waals surface area contributed by atoms with E-state index in [4.69, 9.17) is 13.8 Å². The summed E-state index contributed by atoms with van der Waals surface area (Å²) in [6.07, 6.45) is 0. The number of para-hydroxylation sites is 3. The van der Waals surface area contributed by atoms with Crippen LogP contribution in [0.1, 0.15) is 0 Å². The van der Waals surface area contributed by atoms with Crippen molar-refractivity contribution in [3.8, 4) is 28.2 Å². The predicted molar refractivity (Wildman–Crippen MR) is 184 cm³/mol. The number of fused-ring (bicyclic) bond motifs is 8. The van der Waals surface area contributed by atoms with Crippen LogP contribution in [0.3, 0.4) is 0 Å². The lowest BCUT2D eigenvalue weighted by Gasteiger charge is -2.15. The van der Waals surface area contributed by atoms with E-state index in [9.17, 15) is 0 Å². The molecule has 7 aromatic carbocycles. The van der Waals surface area contributed by atoms with Gasteiger partial charge in [-0.25, -0.2) is 4.98 Å². The van der Waals surface area contributed by atoms with Gasteiger partial charge in [0.1, 0.15) is 28.2 Å². The van der Waals surface area contributed by atoms with Crippen LogP contribution in [0.15, 0.2) is 154 Å². The van der Waals surface area contributed by atoms with E-state index in [-0.39, 0.29) is 0 Å². The first-order valence-electron chi connectivity index (χ1n) is 15.1. The fourth-order valence-electron chi connectivity index (χ4n) is 6.94. The van der Waals surface area contributed by atoms with Gasteiger partial charge in [0.2, 0.25) is 0 Å². The van der Waals surface area contributed by atoms with Crippen LogP contribution >= 0.6 is 0 Å². The van der Waals surface area contributed by atoms with E-state index >= 15 is 0 Å². The van der Waals surface area contributed by atoms with Gasteiger partial charge >= 0.3 is 0 Å². The molecular weight excluding hydrogens is 552 g/mol. The number of hydrogen-bond donors (Lipinski definition) is 0. The summed E-state index contributed by atoms with van der Waals surface area (Å²) in [6, 6.07) is 50.8. The van der Waals surface area contributed by atoms with Crippen molar-refractivity contribution in [1.82, 2.24) is 9.55 Å². The molecule has 45 heavy (non-hydrogen) atoms. The number of furan rings is 2. The van der Waals surface area contributed by atoms with Crippen molar-refractivity contribution in [3.63, 3.8) is 0 Å². The van der Waals surface area contributed by atoms with E-state index in [2.05, 4.69) is 120 Å². The molecule has 10 aromatic rings. The lowest BCUT2D eigenvalue weighted by molar-refractivity contribution is 0.664. The second-order valence-corrected chi connectivity index (χ2v) is 11.6. The quantitative estimate of drug-likeness (QED) is 0.210. The molecule has 210 valence electrons. The van der Waals surface area contributed by atoms with Gasteiger partial charge in [-0.3, -0.25) is 4.57 Å². The molecule has 0 spiro atoms. The van der Waals surface area contributed by atoms with Crippen molar-refractivity contribution < 1.29 is 8.83 Å². The van der Waals surface area contributed by atoms with Gasteiger partial charge < -0.3 is 8.83 Å².